The lowest BCUT2D eigenvalue weighted by molar-refractivity contribution is 0.0951. The zero-order chi connectivity index (χ0) is 16.8. The van der Waals surface area contributed by atoms with Gasteiger partial charge in [0.15, 0.2) is 0 Å². The van der Waals surface area contributed by atoms with Crippen LogP contribution >= 0.6 is 11.6 Å². The van der Waals surface area contributed by atoms with Gasteiger partial charge in [-0.05, 0) is 37.2 Å². The molecule has 7 heteroatoms. The van der Waals surface area contributed by atoms with E-state index < -0.39 is 0 Å². The van der Waals surface area contributed by atoms with Gasteiger partial charge in [0, 0.05) is 43.9 Å². The third kappa shape index (κ3) is 4.56. The van der Waals surface area contributed by atoms with Crippen molar-refractivity contribution in [3.63, 3.8) is 0 Å². The van der Waals surface area contributed by atoms with Crippen LogP contribution in [0.5, 0.6) is 0 Å². The number of amides is 1. The largest absolute Gasteiger partial charge is 0.352 e. The SMILES string of the molecule is O=C(NCCCN1CCNCC1)c1cnn(-c2ccc(Cl)cc2)c1. The Kier molecular flexibility index (Phi) is 5.85. The van der Waals surface area contributed by atoms with Crippen molar-refractivity contribution in [2.45, 2.75) is 6.42 Å². The maximum absolute atomic E-state index is 12.2. The Labute approximate surface area is 146 Å². The molecule has 6 nitrogen and oxygen atoms in total. The van der Waals surface area contributed by atoms with Crippen molar-refractivity contribution >= 4 is 17.5 Å². The van der Waals surface area contributed by atoms with Gasteiger partial charge in [0.25, 0.3) is 5.91 Å². The molecule has 0 aliphatic carbocycles. The van der Waals surface area contributed by atoms with Crippen LogP contribution in [0.25, 0.3) is 5.69 Å². The Morgan fingerprint density at radius 2 is 2.00 bits per heavy atom. The van der Waals surface area contributed by atoms with E-state index in [4.69, 9.17) is 11.6 Å². The summed E-state index contributed by atoms with van der Waals surface area (Å²) in [4.78, 5) is 14.6. The molecule has 1 aliphatic rings. The molecule has 1 amide bonds. The molecule has 128 valence electrons. The van der Waals surface area contributed by atoms with Crippen molar-refractivity contribution in [2.24, 2.45) is 0 Å². The van der Waals surface area contributed by atoms with Gasteiger partial charge in [-0.25, -0.2) is 4.68 Å². The molecule has 1 aromatic heterocycles. The summed E-state index contributed by atoms with van der Waals surface area (Å²) < 4.78 is 1.67. The third-order valence-electron chi connectivity index (χ3n) is 4.08. The number of nitrogens with zero attached hydrogens (tertiary/aromatic N) is 3. The molecule has 1 aromatic carbocycles. The monoisotopic (exact) mass is 347 g/mol. The Balaban J connectivity index is 1.46. The Morgan fingerprint density at radius 3 is 2.75 bits per heavy atom. The Hall–Kier alpha value is -1.89. The van der Waals surface area contributed by atoms with Crippen LogP contribution in [0.4, 0.5) is 0 Å². The molecule has 0 unspecified atom stereocenters. The van der Waals surface area contributed by atoms with Crippen LogP contribution in [0, 0.1) is 0 Å². The van der Waals surface area contributed by atoms with E-state index >= 15 is 0 Å². The quantitative estimate of drug-likeness (QED) is 0.778. The highest BCUT2D eigenvalue weighted by Gasteiger charge is 2.11. The number of aromatic nitrogens is 2. The zero-order valence-electron chi connectivity index (χ0n) is 13.5. The fourth-order valence-corrected chi connectivity index (χ4v) is 2.84. The maximum atomic E-state index is 12.2. The number of carbonyl (C=O) groups is 1. The summed E-state index contributed by atoms with van der Waals surface area (Å²) in [6.07, 6.45) is 4.27. The first kappa shape index (κ1) is 17.0. The number of halogens is 1. The molecule has 0 bridgehead atoms. The van der Waals surface area contributed by atoms with Crippen molar-refractivity contribution < 1.29 is 4.79 Å². The normalized spacial score (nSPS) is 15.4. The van der Waals surface area contributed by atoms with Crippen LogP contribution in [0.2, 0.25) is 5.02 Å². The highest BCUT2D eigenvalue weighted by atomic mass is 35.5. The summed E-state index contributed by atoms with van der Waals surface area (Å²) in [6, 6.07) is 7.33. The summed E-state index contributed by atoms with van der Waals surface area (Å²) >= 11 is 5.88. The van der Waals surface area contributed by atoms with E-state index in [1.54, 1.807) is 29.2 Å². The topological polar surface area (TPSA) is 62.2 Å². The van der Waals surface area contributed by atoms with Crippen LogP contribution in [0.15, 0.2) is 36.7 Å². The van der Waals surface area contributed by atoms with Gasteiger partial charge < -0.3 is 15.5 Å². The average molecular weight is 348 g/mol. The van der Waals surface area contributed by atoms with Gasteiger partial charge in [0.2, 0.25) is 0 Å². The van der Waals surface area contributed by atoms with Crippen LogP contribution in [0.1, 0.15) is 16.8 Å². The van der Waals surface area contributed by atoms with Gasteiger partial charge in [0.1, 0.15) is 0 Å². The fourth-order valence-electron chi connectivity index (χ4n) is 2.72. The first-order chi connectivity index (χ1) is 11.7. The average Bonchev–Trinajstić information content (AvgIpc) is 3.10. The van der Waals surface area contributed by atoms with Crippen molar-refractivity contribution in [1.82, 2.24) is 25.3 Å². The number of hydrogen-bond acceptors (Lipinski definition) is 4. The lowest BCUT2D eigenvalue weighted by atomic mass is 10.3. The Bertz CT molecular complexity index is 664. The predicted molar refractivity (Wildman–Crippen MR) is 94.8 cm³/mol. The molecule has 0 atom stereocenters. The molecule has 0 radical (unpaired) electrons. The first-order valence-corrected chi connectivity index (χ1v) is 8.62. The maximum Gasteiger partial charge on any atom is 0.254 e. The first-order valence-electron chi connectivity index (χ1n) is 8.24. The molecule has 2 N–H and O–H groups in total. The standard InChI is InChI=1S/C17H22ClN5O/c18-15-2-4-16(5-3-15)23-13-14(12-21-23)17(24)20-6-1-9-22-10-7-19-8-11-22/h2-5,12-13,19H,1,6-11H2,(H,20,24). The highest BCUT2D eigenvalue weighted by molar-refractivity contribution is 6.30. The van der Waals surface area contributed by atoms with Crippen molar-refractivity contribution in [3.05, 3.63) is 47.2 Å². The van der Waals surface area contributed by atoms with E-state index in [9.17, 15) is 4.79 Å². The van der Waals surface area contributed by atoms with E-state index in [0.717, 1.165) is 44.8 Å². The predicted octanol–water partition coefficient (Wildman–Crippen LogP) is 1.55. The van der Waals surface area contributed by atoms with E-state index in [1.165, 1.54) is 0 Å². The van der Waals surface area contributed by atoms with Gasteiger partial charge in [-0.15, -0.1) is 0 Å². The summed E-state index contributed by atoms with van der Waals surface area (Å²) in [5.41, 5.74) is 1.43. The molecule has 0 spiro atoms. The molecule has 1 fully saturated rings. The molecule has 24 heavy (non-hydrogen) atoms. The van der Waals surface area contributed by atoms with Crippen molar-refractivity contribution in [2.75, 3.05) is 39.3 Å². The van der Waals surface area contributed by atoms with Gasteiger partial charge in [-0.3, -0.25) is 4.79 Å². The van der Waals surface area contributed by atoms with Crippen LogP contribution in [-0.4, -0.2) is 59.9 Å². The van der Waals surface area contributed by atoms with E-state index in [2.05, 4.69) is 20.6 Å². The Morgan fingerprint density at radius 1 is 1.25 bits per heavy atom. The van der Waals surface area contributed by atoms with Gasteiger partial charge >= 0.3 is 0 Å². The minimum atomic E-state index is -0.0875. The highest BCUT2D eigenvalue weighted by Crippen LogP contribution is 2.13. The minimum Gasteiger partial charge on any atom is -0.352 e. The number of piperazine rings is 1. The second-order valence-corrected chi connectivity index (χ2v) is 6.29. The molecular weight excluding hydrogens is 326 g/mol. The van der Waals surface area contributed by atoms with Gasteiger partial charge in [-0.2, -0.15) is 5.10 Å². The molecule has 0 saturated carbocycles. The summed E-state index contributed by atoms with van der Waals surface area (Å²) in [5, 5.41) is 11.2. The van der Waals surface area contributed by atoms with Crippen molar-refractivity contribution in [1.29, 1.82) is 0 Å². The van der Waals surface area contributed by atoms with Crippen LogP contribution in [0.3, 0.4) is 0 Å². The van der Waals surface area contributed by atoms with Crippen molar-refractivity contribution in [3.8, 4) is 5.69 Å². The van der Waals surface area contributed by atoms with E-state index in [1.807, 2.05) is 12.1 Å². The second kappa shape index (κ2) is 8.28. The number of nitrogens with one attached hydrogen (secondary N) is 2. The van der Waals surface area contributed by atoms with Crippen LogP contribution in [-0.2, 0) is 0 Å². The molecular formula is C17H22ClN5O. The number of rotatable bonds is 6. The van der Waals surface area contributed by atoms with E-state index in [-0.39, 0.29) is 5.91 Å². The molecule has 3 rings (SSSR count). The zero-order valence-corrected chi connectivity index (χ0v) is 14.3. The van der Waals surface area contributed by atoms with E-state index in [0.29, 0.717) is 17.1 Å². The summed E-state index contributed by atoms with van der Waals surface area (Å²) in [6.45, 7) is 5.97. The molecule has 1 aliphatic heterocycles. The summed E-state index contributed by atoms with van der Waals surface area (Å²) in [7, 11) is 0. The van der Waals surface area contributed by atoms with Gasteiger partial charge in [-0.1, -0.05) is 11.6 Å². The second-order valence-electron chi connectivity index (χ2n) is 5.85. The minimum absolute atomic E-state index is 0.0875. The number of hydrogen-bond donors (Lipinski definition) is 2. The lowest BCUT2D eigenvalue weighted by Crippen LogP contribution is -2.44. The smallest absolute Gasteiger partial charge is 0.254 e. The number of benzene rings is 1. The third-order valence-corrected chi connectivity index (χ3v) is 4.33. The number of carbonyl (C=O) groups excluding carboxylic acids is 1. The lowest BCUT2D eigenvalue weighted by Gasteiger charge is -2.27. The molecule has 2 heterocycles. The molecule has 2 aromatic rings. The summed E-state index contributed by atoms with van der Waals surface area (Å²) in [5.74, 6) is -0.0875. The fraction of sp³-hybridized carbons (Fsp3) is 0.412. The van der Waals surface area contributed by atoms with Crippen LogP contribution < -0.4 is 10.6 Å². The molecule has 1 saturated heterocycles. The van der Waals surface area contributed by atoms with Gasteiger partial charge in [0.05, 0.1) is 17.4 Å².